The number of hydrogen-bond donors (Lipinski definition) is 0. The molecule has 28 heavy (non-hydrogen) atoms. The summed E-state index contributed by atoms with van der Waals surface area (Å²) < 4.78 is 16.1. The second-order valence-corrected chi connectivity index (χ2v) is 8.00. The van der Waals surface area contributed by atoms with Gasteiger partial charge in [0.05, 0.1) is 7.11 Å². The first kappa shape index (κ1) is 17.4. The minimum atomic E-state index is 0.0416. The molecular weight excluding hydrogens is 356 g/mol. The van der Waals surface area contributed by atoms with E-state index in [1.165, 1.54) is 5.56 Å². The van der Waals surface area contributed by atoms with Crippen LogP contribution in [0.2, 0.25) is 0 Å². The zero-order valence-corrected chi connectivity index (χ0v) is 16.0. The van der Waals surface area contributed by atoms with Crippen LogP contribution in [0.3, 0.4) is 0 Å². The highest BCUT2D eigenvalue weighted by Gasteiger charge is 2.47. The first-order valence-corrected chi connectivity index (χ1v) is 9.69. The average Bonchev–Trinajstić information content (AvgIpc) is 3.41. The Morgan fingerprint density at radius 1 is 1.07 bits per heavy atom. The number of rotatable bonds is 4. The molecule has 1 amide bonds. The fourth-order valence-electron chi connectivity index (χ4n) is 4.61. The summed E-state index contributed by atoms with van der Waals surface area (Å²) in [7, 11) is 1.68. The van der Waals surface area contributed by atoms with Crippen molar-refractivity contribution < 1.29 is 19.0 Å². The van der Waals surface area contributed by atoms with E-state index in [-0.39, 0.29) is 18.1 Å². The van der Waals surface area contributed by atoms with Crippen molar-refractivity contribution in [1.29, 1.82) is 0 Å². The van der Waals surface area contributed by atoms with E-state index < -0.39 is 0 Å². The van der Waals surface area contributed by atoms with Crippen molar-refractivity contribution in [3.05, 3.63) is 48.0 Å². The zero-order valence-electron chi connectivity index (χ0n) is 16.0. The highest BCUT2D eigenvalue weighted by molar-refractivity contribution is 5.96. The van der Waals surface area contributed by atoms with Gasteiger partial charge in [-0.1, -0.05) is 12.1 Å². The van der Waals surface area contributed by atoms with Crippen LogP contribution in [0.5, 0.6) is 17.2 Å². The topological polar surface area (TPSA) is 51.2 Å². The summed E-state index contributed by atoms with van der Waals surface area (Å²) in [6.07, 6.45) is 1.66. The van der Waals surface area contributed by atoms with Crippen LogP contribution < -0.4 is 19.1 Å². The van der Waals surface area contributed by atoms with Crippen LogP contribution in [-0.2, 0) is 11.3 Å². The first-order chi connectivity index (χ1) is 13.6. The molecule has 1 spiro atoms. The van der Waals surface area contributed by atoms with E-state index in [0.29, 0.717) is 6.42 Å². The molecule has 2 saturated heterocycles. The predicted octanol–water partition coefficient (Wildman–Crippen LogP) is 3.05. The summed E-state index contributed by atoms with van der Waals surface area (Å²) in [5.41, 5.74) is 2.22. The van der Waals surface area contributed by atoms with Crippen LogP contribution in [0.1, 0.15) is 18.4 Å². The molecule has 0 aliphatic carbocycles. The fraction of sp³-hybridized carbons (Fsp3) is 0.409. The first-order valence-electron chi connectivity index (χ1n) is 9.69. The number of nitrogens with zero attached hydrogens (tertiary/aromatic N) is 2. The van der Waals surface area contributed by atoms with Crippen molar-refractivity contribution in [2.75, 3.05) is 38.4 Å². The van der Waals surface area contributed by atoms with E-state index in [0.717, 1.165) is 55.5 Å². The van der Waals surface area contributed by atoms with Gasteiger partial charge in [-0.2, -0.15) is 0 Å². The molecule has 2 aromatic rings. The maximum Gasteiger partial charge on any atom is 0.231 e. The Bertz CT molecular complexity index is 898. The van der Waals surface area contributed by atoms with E-state index in [1.54, 1.807) is 7.11 Å². The van der Waals surface area contributed by atoms with Gasteiger partial charge in [0.2, 0.25) is 12.7 Å². The van der Waals surface area contributed by atoms with E-state index in [4.69, 9.17) is 14.2 Å². The van der Waals surface area contributed by atoms with Crippen molar-refractivity contribution >= 4 is 11.6 Å². The number of benzene rings is 2. The molecule has 6 nitrogen and oxygen atoms in total. The number of carbonyl (C=O) groups excluding carboxylic acids is 1. The molecule has 3 aliphatic heterocycles. The summed E-state index contributed by atoms with van der Waals surface area (Å²) in [6, 6.07) is 14.0. The normalized spacial score (nSPS) is 23.8. The van der Waals surface area contributed by atoms with E-state index in [9.17, 15) is 4.79 Å². The van der Waals surface area contributed by atoms with Crippen LogP contribution in [0, 0.1) is 5.41 Å². The van der Waals surface area contributed by atoms with Gasteiger partial charge in [-0.15, -0.1) is 0 Å². The lowest BCUT2D eigenvalue weighted by molar-refractivity contribution is -0.117. The lowest BCUT2D eigenvalue weighted by atomic mass is 9.86. The Balaban J connectivity index is 1.27. The molecule has 5 rings (SSSR count). The van der Waals surface area contributed by atoms with Gasteiger partial charge in [-0.05, 0) is 42.8 Å². The number of amides is 1. The van der Waals surface area contributed by atoms with Gasteiger partial charge in [-0.25, -0.2) is 0 Å². The molecule has 146 valence electrons. The Kier molecular flexibility index (Phi) is 4.16. The largest absolute Gasteiger partial charge is 0.497 e. The lowest BCUT2D eigenvalue weighted by Gasteiger charge is -2.24. The Labute approximate surface area is 164 Å². The van der Waals surface area contributed by atoms with E-state index >= 15 is 0 Å². The van der Waals surface area contributed by atoms with Gasteiger partial charge in [0.25, 0.3) is 0 Å². The number of anilines is 1. The third-order valence-electron chi connectivity index (χ3n) is 6.07. The Morgan fingerprint density at radius 3 is 2.71 bits per heavy atom. The zero-order chi connectivity index (χ0) is 19.1. The smallest absolute Gasteiger partial charge is 0.231 e. The molecule has 2 fully saturated rings. The van der Waals surface area contributed by atoms with Crippen LogP contribution in [-0.4, -0.2) is 44.3 Å². The molecule has 0 N–H and O–H groups in total. The molecule has 0 aromatic heterocycles. The van der Waals surface area contributed by atoms with E-state index in [2.05, 4.69) is 17.0 Å². The molecule has 0 unspecified atom stereocenters. The van der Waals surface area contributed by atoms with Gasteiger partial charge < -0.3 is 19.1 Å². The Morgan fingerprint density at radius 2 is 1.89 bits per heavy atom. The number of hydrogen-bond acceptors (Lipinski definition) is 5. The molecule has 0 bridgehead atoms. The number of methoxy groups -OCH3 is 1. The highest BCUT2D eigenvalue weighted by Crippen LogP contribution is 2.44. The number of carbonyl (C=O) groups is 1. The highest BCUT2D eigenvalue weighted by atomic mass is 16.7. The fourth-order valence-corrected chi connectivity index (χ4v) is 4.61. The summed E-state index contributed by atoms with van der Waals surface area (Å²) in [5.74, 6) is 2.54. The SMILES string of the molecule is COc1ccc(CN2CC[C@@]3(CC(=O)N(c4ccc5c(c4)OCO5)C3)C2)cc1. The van der Waals surface area contributed by atoms with Gasteiger partial charge in [0, 0.05) is 43.2 Å². The molecule has 1 atom stereocenters. The van der Waals surface area contributed by atoms with Crippen molar-refractivity contribution in [2.45, 2.75) is 19.4 Å². The summed E-state index contributed by atoms with van der Waals surface area (Å²) in [5, 5.41) is 0. The minimum absolute atomic E-state index is 0.0416. The predicted molar refractivity (Wildman–Crippen MR) is 105 cm³/mol. The number of ether oxygens (including phenoxy) is 3. The second-order valence-electron chi connectivity index (χ2n) is 8.00. The van der Waals surface area contributed by atoms with Gasteiger partial charge in [0.1, 0.15) is 5.75 Å². The summed E-state index contributed by atoms with van der Waals surface area (Å²) in [6.45, 7) is 3.89. The average molecular weight is 380 g/mol. The summed E-state index contributed by atoms with van der Waals surface area (Å²) in [4.78, 5) is 17.2. The van der Waals surface area contributed by atoms with Crippen molar-refractivity contribution in [3.63, 3.8) is 0 Å². The summed E-state index contributed by atoms with van der Waals surface area (Å²) >= 11 is 0. The van der Waals surface area contributed by atoms with Crippen LogP contribution >= 0.6 is 0 Å². The molecule has 0 radical (unpaired) electrons. The van der Waals surface area contributed by atoms with Crippen LogP contribution in [0.15, 0.2) is 42.5 Å². The van der Waals surface area contributed by atoms with Crippen LogP contribution in [0.25, 0.3) is 0 Å². The van der Waals surface area contributed by atoms with E-state index in [1.807, 2.05) is 35.2 Å². The monoisotopic (exact) mass is 380 g/mol. The molecule has 6 heteroatoms. The third-order valence-corrected chi connectivity index (χ3v) is 6.07. The maximum absolute atomic E-state index is 12.8. The van der Waals surface area contributed by atoms with Crippen molar-refractivity contribution in [2.24, 2.45) is 5.41 Å². The quantitative estimate of drug-likeness (QED) is 0.816. The van der Waals surface area contributed by atoms with Crippen molar-refractivity contribution in [1.82, 2.24) is 4.90 Å². The molecule has 0 saturated carbocycles. The number of likely N-dealkylation sites (tertiary alicyclic amines) is 1. The second kappa shape index (κ2) is 6.71. The lowest BCUT2D eigenvalue weighted by Crippen LogP contribution is -2.31. The molecular formula is C22H24N2O4. The van der Waals surface area contributed by atoms with Crippen LogP contribution in [0.4, 0.5) is 5.69 Å². The third kappa shape index (κ3) is 3.07. The number of fused-ring (bicyclic) bond motifs is 1. The Hall–Kier alpha value is -2.73. The van der Waals surface area contributed by atoms with Gasteiger partial charge in [-0.3, -0.25) is 9.69 Å². The van der Waals surface area contributed by atoms with Gasteiger partial charge in [0.15, 0.2) is 11.5 Å². The molecule has 3 heterocycles. The van der Waals surface area contributed by atoms with Gasteiger partial charge >= 0.3 is 0 Å². The van der Waals surface area contributed by atoms with Crippen molar-refractivity contribution in [3.8, 4) is 17.2 Å². The molecule has 3 aliphatic rings. The maximum atomic E-state index is 12.8. The standard InChI is InChI=1S/C22H24N2O4/c1-26-18-5-2-16(3-6-18)12-23-9-8-22(13-23)11-21(25)24(14-22)17-4-7-19-20(10-17)28-15-27-19/h2-7,10H,8-9,11-15H2,1H3/t22-/m1/s1. The minimum Gasteiger partial charge on any atom is -0.497 e. The molecule has 2 aromatic carbocycles.